The molecule has 2 aliphatic heterocycles. The molecule has 2 fully saturated rings. The lowest BCUT2D eigenvalue weighted by Gasteiger charge is -2.39. The molecule has 70 heavy (non-hydrogen) atoms. The summed E-state index contributed by atoms with van der Waals surface area (Å²) in [7, 11) is -8.11. The number of alkyl halides is 3. The van der Waals surface area contributed by atoms with Gasteiger partial charge in [0.05, 0.1) is 46.1 Å². The Bertz CT molecular complexity index is 3060. The second kappa shape index (κ2) is 20.0. The van der Waals surface area contributed by atoms with Crippen LogP contribution in [0.1, 0.15) is 66.6 Å². The maximum Gasteiger partial charge on any atom is 0.416 e. The number of allylic oxidation sites excluding steroid dienone is 1. The third-order valence-electron chi connectivity index (χ3n) is 13.1. The second-order valence-electron chi connectivity index (χ2n) is 18.8. The number of piperazine rings is 1. The SMILES string of the molecule is Cc1cc(C(F)(F)F)ccc1C1=C(CN2CCN(c3ccc(C(=O)NS(=O)(=O)c4ccc(NCC[C@H]5CN(S(C)(=O)=O)CCO5)c([N+](=O)[O-])c4)c(Oc4cnc5[nH]ccc5c4)c3)CC2)CCC(C)(C)C1. The highest BCUT2D eigenvalue weighted by molar-refractivity contribution is 7.90. The van der Waals surface area contributed by atoms with Crippen molar-refractivity contribution in [2.45, 2.75) is 63.6 Å². The largest absolute Gasteiger partial charge is 0.455 e. The van der Waals surface area contributed by atoms with Crippen LogP contribution in [0.25, 0.3) is 16.6 Å². The van der Waals surface area contributed by atoms with Crippen LogP contribution in [0.3, 0.4) is 0 Å². The number of H-pyrrole nitrogens is 1. The van der Waals surface area contributed by atoms with Crippen molar-refractivity contribution >= 4 is 59.6 Å². The van der Waals surface area contributed by atoms with Gasteiger partial charge in [0.1, 0.15) is 22.8 Å². The Hall–Kier alpha value is -6.07. The molecule has 5 aromatic rings. The third-order valence-corrected chi connectivity index (χ3v) is 15.7. The van der Waals surface area contributed by atoms with Crippen LogP contribution in [-0.2, 0) is 31.0 Å². The van der Waals surface area contributed by atoms with Crippen molar-refractivity contribution in [3.05, 3.63) is 117 Å². The van der Waals surface area contributed by atoms with Crippen LogP contribution in [0.4, 0.5) is 30.2 Å². The van der Waals surface area contributed by atoms with E-state index in [-0.39, 0.29) is 54.4 Å². The summed E-state index contributed by atoms with van der Waals surface area (Å²) < 4.78 is 108. The molecule has 3 aliphatic rings. The van der Waals surface area contributed by atoms with E-state index < -0.39 is 59.3 Å². The van der Waals surface area contributed by atoms with Gasteiger partial charge in [-0.15, -0.1) is 0 Å². The van der Waals surface area contributed by atoms with Crippen molar-refractivity contribution in [2.75, 3.05) is 75.4 Å². The zero-order valence-corrected chi connectivity index (χ0v) is 40.8. The molecular formula is C48H55F3N8O9S2. The molecule has 0 saturated carbocycles. The van der Waals surface area contributed by atoms with E-state index >= 15 is 0 Å². The number of carbonyl (C=O) groups is 1. The first kappa shape index (κ1) is 50.3. The molecule has 3 N–H and O–H groups in total. The molecule has 0 spiro atoms. The normalized spacial score (nSPS) is 18.5. The van der Waals surface area contributed by atoms with E-state index in [1.54, 1.807) is 43.5 Å². The number of sulfonamides is 2. The van der Waals surface area contributed by atoms with Crippen molar-refractivity contribution in [3.8, 4) is 11.5 Å². The maximum absolute atomic E-state index is 14.0. The van der Waals surface area contributed by atoms with Crippen molar-refractivity contribution in [1.29, 1.82) is 0 Å². The number of morpholine rings is 1. The number of nitro groups is 1. The molecule has 4 heterocycles. The van der Waals surface area contributed by atoms with Gasteiger partial charge in [-0.05, 0) is 103 Å². The number of benzene rings is 3. The number of rotatable bonds is 15. The van der Waals surface area contributed by atoms with Gasteiger partial charge in [-0.25, -0.2) is 26.5 Å². The number of amides is 1. The van der Waals surface area contributed by atoms with Gasteiger partial charge in [-0.2, -0.15) is 17.5 Å². The number of hydrogen-bond donors (Lipinski definition) is 3. The molecule has 1 aliphatic carbocycles. The van der Waals surface area contributed by atoms with Gasteiger partial charge < -0.3 is 24.7 Å². The summed E-state index contributed by atoms with van der Waals surface area (Å²) in [6.07, 6.45) is 2.25. The van der Waals surface area contributed by atoms with Crippen LogP contribution in [0.5, 0.6) is 11.5 Å². The van der Waals surface area contributed by atoms with Gasteiger partial charge in [0.2, 0.25) is 10.0 Å². The summed E-state index contributed by atoms with van der Waals surface area (Å²) in [5.41, 5.74) is 3.72. The number of aromatic nitrogens is 2. The Morgan fingerprint density at radius 1 is 1.01 bits per heavy atom. The summed E-state index contributed by atoms with van der Waals surface area (Å²) in [6, 6.07) is 15.5. The number of nitro benzene ring substituents is 1. The lowest BCUT2D eigenvalue weighted by atomic mass is 9.72. The van der Waals surface area contributed by atoms with Gasteiger partial charge in [0, 0.05) is 81.8 Å². The number of carbonyl (C=O) groups excluding carboxylic acids is 1. The summed E-state index contributed by atoms with van der Waals surface area (Å²) in [6.45, 7) is 9.99. The highest BCUT2D eigenvalue weighted by Crippen LogP contribution is 2.45. The topological polar surface area (TPSA) is 209 Å². The average molecular weight is 1010 g/mol. The molecule has 22 heteroatoms. The number of aryl methyl sites for hydroxylation is 1. The quantitative estimate of drug-likeness (QED) is 0.0673. The molecule has 8 rings (SSSR count). The monoisotopic (exact) mass is 1010 g/mol. The van der Waals surface area contributed by atoms with Gasteiger partial charge in [0.15, 0.2) is 0 Å². The van der Waals surface area contributed by atoms with Crippen LogP contribution >= 0.6 is 0 Å². The minimum atomic E-state index is -4.69. The number of aromatic amines is 1. The Labute approximate surface area is 404 Å². The summed E-state index contributed by atoms with van der Waals surface area (Å²) in [4.78, 5) is 36.7. The Kier molecular flexibility index (Phi) is 14.4. The van der Waals surface area contributed by atoms with E-state index in [0.717, 1.165) is 60.2 Å². The fourth-order valence-electron chi connectivity index (χ4n) is 9.24. The first-order valence-electron chi connectivity index (χ1n) is 22.8. The van der Waals surface area contributed by atoms with Crippen molar-refractivity contribution in [1.82, 2.24) is 23.9 Å². The lowest BCUT2D eigenvalue weighted by molar-refractivity contribution is -0.384. The van der Waals surface area contributed by atoms with Crippen LogP contribution in [0.2, 0.25) is 0 Å². The molecule has 0 radical (unpaired) electrons. The predicted octanol–water partition coefficient (Wildman–Crippen LogP) is 7.96. The minimum Gasteiger partial charge on any atom is -0.455 e. The molecule has 3 aromatic carbocycles. The highest BCUT2D eigenvalue weighted by atomic mass is 32.2. The number of hydrogen-bond acceptors (Lipinski definition) is 13. The molecule has 1 amide bonds. The van der Waals surface area contributed by atoms with E-state index in [9.17, 15) is 44.9 Å². The van der Waals surface area contributed by atoms with Crippen LogP contribution in [0.15, 0.2) is 89.6 Å². The summed E-state index contributed by atoms with van der Waals surface area (Å²) >= 11 is 0. The van der Waals surface area contributed by atoms with Gasteiger partial charge in [0.25, 0.3) is 21.6 Å². The fourth-order valence-corrected chi connectivity index (χ4v) is 11.1. The number of nitrogens with one attached hydrogen (secondary N) is 3. The highest BCUT2D eigenvalue weighted by Gasteiger charge is 2.34. The Balaban J connectivity index is 0.982. The summed E-state index contributed by atoms with van der Waals surface area (Å²) in [5.74, 6) is -0.746. The molecule has 0 unspecified atom stereocenters. The van der Waals surface area contributed by atoms with E-state index in [1.165, 1.54) is 34.3 Å². The number of halogens is 3. The number of nitrogens with zero attached hydrogens (tertiary/aromatic N) is 5. The number of ether oxygens (including phenoxy) is 2. The standard InChI is InChI=1S/C48H55F3N8O9S2/c1-31-23-34(48(49,50)51)5-8-39(31)41-27-47(2,3)14-11-33(41)29-56-17-19-57(20-18-56)35-6-9-40(44(25-35)68-37-24-32-12-15-53-45(32)54-28-37)46(60)55-70(65,66)38-7-10-42(43(26-38)59(61)62)52-16-13-36-30-58(21-22-67-36)69(4,63)64/h5-10,12,15,23-26,28,36,52H,11,13-14,16-22,27,29-30H2,1-4H3,(H,53,54)(H,55,60)/t36-/m0/s1. The van der Waals surface area contributed by atoms with Crippen molar-refractivity contribution in [3.63, 3.8) is 0 Å². The van der Waals surface area contributed by atoms with Gasteiger partial charge in [-0.3, -0.25) is 19.8 Å². The van der Waals surface area contributed by atoms with Crippen LogP contribution in [-0.4, -0.2) is 118 Å². The van der Waals surface area contributed by atoms with E-state index in [1.807, 2.05) is 0 Å². The predicted molar refractivity (Wildman–Crippen MR) is 259 cm³/mol. The Morgan fingerprint density at radius 2 is 1.79 bits per heavy atom. The maximum atomic E-state index is 14.0. The molecule has 1 atom stereocenters. The zero-order chi connectivity index (χ0) is 50.2. The van der Waals surface area contributed by atoms with E-state index in [2.05, 4.69) is 43.7 Å². The third kappa shape index (κ3) is 11.7. The average Bonchev–Trinajstić information content (AvgIpc) is 3.77. The fraction of sp³-hybridized carbons (Fsp3) is 0.417. The summed E-state index contributed by atoms with van der Waals surface area (Å²) in [5, 5.41) is 15.8. The molecule has 374 valence electrons. The van der Waals surface area contributed by atoms with Gasteiger partial charge in [-0.1, -0.05) is 25.5 Å². The van der Waals surface area contributed by atoms with E-state index in [0.29, 0.717) is 56.0 Å². The van der Waals surface area contributed by atoms with Crippen molar-refractivity contribution < 1.29 is 49.2 Å². The minimum absolute atomic E-state index is 0.00483. The van der Waals surface area contributed by atoms with Crippen molar-refractivity contribution in [2.24, 2.45) is 5.41 Å². The number of fused-ring (bicyclic) bond motifs is 1. The Morgan fingerprint density at radius 3 is 2.50 bits per heavy atom. The smallest absolute Gasteiger partial charge is 0.416 e. The first-order chi connectivity index (χ1) is 33.0. The molecule has 0 bridgehead atoms. The molecule has 2 saturated heterocycles. The molecule has 17 nitrogen and oxygen atoms in total. The van der Waals surface area contributed by atoms with Crippen LogP contribution in [0, 0.1) is 22.5 Å². The second-order valence-corrected chi connectivity index (χ2v) is 22.4. The zero-order valence-electron chi connectivity index (χ0n) is 39.1. The number of pyridine rings is 1. The number of anilines is 2. The molecule has 2 aromatic heterocycles. The molecular weight excluding hydrogens is 954 g/mol. The first-order valence-corrected chi connectivity index (χ1v) is 26.1. The van der Waals surface area contributed by atoms with E-state index in [4.69, 9.17) is 9.47 Å². The van der Waals surface area contributed by atoms with Crippen LogP contribution < -0.4 is 19.7 Å². The lowest BCUT2D eigenvalue weighted by Crippen LogP contribution is -2.47. The van der Waals surface area contributed by atoms with Gasteiger partial charge >= 0.3 is 6.18 Å².